The minimum absolute atomic E-state index is 0.197. The molecule has 1 atom stereocenters. The van der Waals surface area contributed by atoms with Gasteiger partial charge in [-0.25, -0.2) is 0 Å². The van der Waals surface area contributed by atoms with Crippen LogP contribution in [0.25, 0.3) is 0 Å². The molecule has 0 amide bonds. The van der Waals surface area contributed by atoms with Crippen LogP contribution in [0.15, 0.2) is 17.4 Å². The van der Waals surface area contributed by atoms with Crippen LogP contribution in [-0.4, -0.2) is 43.1 Å². The van der Waals surface area contributed by atoms with Gasteiger partial charge in [-0.2, -0.15) is 0 Å². The van der Waals surface area contributed by atoms with E-state index in [9.17, 15) is 0 Å². The number of guanidine groups is 1. The van der Waals surface area contributed by atoms with Crippen molar-refractivity contribution in [2.75, 3.05) is 20.1 Å². The van der Waals surface area contributed by atoms with Gasteiger partial charge in [0.1, 0.15) is 0 Å². The van der Waals surface area contributed by atoms with Crippen LogP contribution in [0.2, 0.25) is 0 Å². The Hall–Kier alpha value is -1.43. The van der Waals surface area contributed by atoms with Crippen molar-refractivity contribution in [1.82, 2.24) is 10.2 Å². The number of nitrogens with one attached hydrogen (secondary N) is 1. The lowest BCUT2D eigenvalue weighted by Crippen LogP contribution is -2.38. The molecule has 7 N–H and O–H groups in total. The van der Waals surface area contributed by atoms with Crippen molar-refractivity contribution >= 4 is 5.96 Å². The molecule has 6 heteroatoms. The van der Waals surface area contributed by atoms with Crippen LogP contribution in [0.3, 0.4) is 0 Å². The summed E-state index contributed by atoms with van der Waals surface area (Å²) in [6, 6.07) is 1.21. The largest absolute Gasteiger partial charge is 0.386 e. The predicted molar refractivity (Wildman–Crippen MR) is 149 cm³/mol. The van der Waals surface area contributed by atoms with Gasteiger partial charge in [-0.3, -0.25) is 4.99 Å². The van der Waals surface area contributed by atoms with Gasteiger partial charge in [0.15, 0.2) is 5.96 Å². The Morgan fingerprint density at radius 1 is 0.818 bits per heavy atom. The average Bonchev–Trinajstić information content (AvgIpc) is 2.65. The Bertz CT molecular complexity index is 485. The first kappa shape index (κ1) is 33.7. The highest BCUT2D eigenvalue weighted by molar-refractivity contribution is 5.75. The van der Waals surface area contributed by atoms with Gasteiger partial charge >= 0.3 is 0 Å². The maximum absolute atomic E-state index is 5.47. The summed E-state index contributed by atoms with van der Waals surface area (Å²) in [6.45, 7) is 23.6. The van der Waals surface area contributed by atoms with Crippen LogP contribution < -0.4 is 22.5 Å². The summed E-state index contributed by atoms with van der Waals surface area (Å²) in [5.41, 5.74) is 16.1. The zero-order valence-electron chi connectivity index (χ0n) is 23.7. The normalized spacial score (nSPS) is 12.5. The topological polar surface area (TPSA) is 106 Å². The molecule has 0 rings (SSSR count). The third-order valence-corrected chi connectivity index (χ3v) is 5.87. The van der Waals surface area contributed by atoms with Crippen molar-refractivity contribution in [2.45, 2.75) is 112 Å². The van der Waals surface area contributed by atoms with Gasteiger partial charge in [0.2, 0.25) is 0 Å². The van der Waals surface area contributed by atoms with Gasteiger partial charge < -0.3 is 27.4 Å². The third kappa shape index (κ3) is 23.5. The molecule has 0 aromatic carbocycles. The second kappa shape index (κ2) is 20.0. The molecule has 33 heavy (non-hydrogen) atoms. The molecule has 0 unspecified atom stereocenters. The molecule has 0 aliphatic heterocycles. The molecule has 0 fully saturated rings. The summed E-state index contributed by atoms with van der Waals surface area (Å²) in [6.07, 6.45) is 8.63. The van der Waals surface area contributed by atoms with Crippen molar-refractivity contribution in [1.29, 1.82) is 0 Å². The molecular formula is C27H60N6. The summed E-state index contributed by atoms with van der Waals surface area (Å²) >= 11 is 0. The number of hydrogen-bond acceptors (Lipinski definition) is 4. The number of hydrogen-bond donors (Lipinski definition) is 4. The van der Waals surface area contributed by atoms with E-state index in [0.29, 0.717) is 17.9 Å². The molecule has 0 spiro atoms. The van der Waals surface area contributed by atoms with Gasteiger partial charge in [-0.05, 0) is 89.5 Å². The second-order valence-corrected chi connectivity index (χ2v) is 11.2. The quantitative estimate of drug-likeness (QED) is 0.132. The summed E-state index contributed by atoms with van der Waals surface area (Å²) in [5.74, 6) is 3.99. The predicted octanol–water partition coefficient (Wildman–Crippen LogP) is 5.29. The van der Waals surface area contributed by atoms with E-state index in [1.807, 2.05) is 0 Å². The van der Waals surface area contributed by atoms with Crippen molar-refractivity contribution in [3.8, 4) is 0 Å². The minimum Gasteiger partial charge on any atom is -0.386 e. The first-order valence-electron chi connectivity index (χ1n) is 13.2. The fourth-order valence-electron chi connectivity index (χ4n) is 4.29. The third-order valence-electron chi connectivity index (χ3n) is 5.87. The lowest BCUT2D eigenvalue weighted by Gasteiger charge is -2.32. The fourth-order valence-corrected chi connectivity index (χ4v) is 4.29. The Morgan fingerprint density at radius 2 is 1.33 bits per heavy atom. The van der Waals surface area contributed by atoms with E-state index in [4.69, 9.17) is 17.2 Å². The van der Waals surface area contributed by atoms with Gasteiger partial charge in [-0.15, -0.1) is 0 Å². The standard InChI is InChI=1S/C14H30N2.C13H30N4/c1-11(2)9-14(10-12(3)4)7-6-8-16-13(5)15;1-10(2)9-12(17(5)11(3)4)7-6-8-16-13(14)15/h11-12,14,16H,5-10,15H2,1-4H3;10-12H,6-9H2,1-5H3,(H4,14,15,16)/t;12-/m.0/s1. The Labute approximate surface area is 207 Å². The average molecular weight is 469 g/mol. The van der Waals surface area contributed by atoms with Gasteiger partial charge in [-0.1, -0.05) is 48.1 Å². The highest BCUT2D eigenvalue weighted by atomic mass is 15.1. The van der Waals surface area contributed by atoms with Crippen LogP contribution in [-0.2, 0) is 0 Å². The van der Waals surface area contributed by atoms with E-state index >= 15 is 0 Å². The summed E-state index contributed by atoms with van der Waals surface area (Å²) in [4.78, 5) is 6.49. The molecule has 0 saturated heterocycles. The molecule has 0 aliphatic carbocycles. The molecular weight excluding hydrogens is 408 g/mol. The smallest absolute Gasteiger partial charge is 0.185 e. The Morgan fingerprint density at radius 3 is 1.73 bits per heavy atom. The van der Waals surface area contributed by atoms with E-state index in [-0.39, 0.29) is 5.96 Å². The van der Waals surface area contributed by atoms with Crippen LogP contribution in [0.5, 0.6) is 0 Å². The van der Waals surface area contributed by atoms with Crippen molar-refractivity contribution in [3.05, 3.63) is 12.4 Å². The van der Waals surface area contributed by atoms with Gasteiger partial charge in [0, 0.05) is 25.2 Å². The molecule has 0 aromatic rings. The molecule has 0 radical (unpaired) electrons. The molecule has 0 aliphatic rings. The highest BCUT2D eigenvalue weighted by Crippen LogP contribution is 2.24. The van der Waals surface area contributed by atoms with Crippen LogP contribution in [0, 0.1) is 23.7 Å². The van der Waals surface area contributed by atoms with Crippen LogP contribution in [0.1, 0.15) is 100 Å². The molecule has 198 valence electrons. The molecule has 0 bridgehead atoms. The lowest BCUT2D eigenvalue weighted by molar-refractivity contribution is 0.162. The number of aliphatic imine (C=N–C) groups is 1. The highest BCUT2D eigenvalue weighted by Gasteiger charge is 2.18. The summed E-state index contributed by atoms with van der Waals surface area (Å²) in [7, 11) is 2.21. The number of nitrogens with two attached hydrogens (primary N) is 3. The van der Waals surface area contributed by atoms with E-state index in [2.05, 4.69) is 84.2 Å². The van der Waals surface area contributed by atoms with Gasteiger partial charge in [0.25, 0.3) is 0 Å². The van der Waals surface area contributed by atoms with E-state index in [1.165, 1.54) is 32.1 Å². The zero-order valence-corrected chi connectivity index (χ0v) is 23.7. The number of nitrogens with zero attached hydrogens (tertiary/aromatic N) is 2. The Balaban J connectivity index is 0. The number of rotatable bonds is 17. The van der Waals surface area contributed by atoms with Crippen molar-refractivity contribution in [3.63, 3.8) is 0 Å². The zero-order chi connectivity index (χ0) is 26.0. The van der Waals surface area contributed by atoms with E-state index in [0.717, 1.165) is 49.6 Å². The van der Waals surface area contributed by atoms with Crippen LogP contribution >= 0.6 is 0 Å². The molecule has 0 heterocycles. The maximum atomic E-state index is 5.47. The van der Waals surface area contributed by atoms with Crippen molar-refractivity contribution in [2.24, 2.45) is 45.9 Å². The fraction of sp³-hybridized carbons (Fsp3) is 0.889. The first-order chi connectivity index (χ1) is 15.3. The van der Waals surface area contributed by atoms with Crippen molar-refractivity contribution < 1.29 is 0 Å². The second-order valence-electron chi connectivity index (χ2n) is 11.2. The SMILES string of the molecule is C=C(N)NCCCC(CC(C)C)CC(C)C.CC(C)C[C@H](CCCN=C(N)N)N(C)C(C)C. The first-order valence-corrected chi connectivity index (χ1v) is 13.2. The Kier molecular flexibility index (Phi) is 20.4. The van der Waals surface area contributed by atoms with E-state index < -0.39 is 0 Å². The monoisotopic (exact) mass is 468 g/mol. The van der Waals surface area contributed by atoms with Crippen LogP contribution in [0.4, 0.5) is 0 Å². The summed E-state index contributed by atoms with van der Waals surface area (Å²) in [5, 5.41) is 3.09. The van der Waals surface area contributed by atoms with Gasteiger partial charge in [0.05, 0.1) is 5.82 Å². The molecule has 0 aromatic heterocycles. The maximum Gasteiger partial charge on any atom is 0.185 e. The minimum atomic E-state index is 0.197. The molecule has 6 nitrogen and oxygen atoms in total. The molecule has 0 saturated carbocycles. The lowest BCUT2D eigenvalue weighted by atomic mass is 9.86. The summed E-state index contributed by atoms with van der Waals surface area (Å²) < 4.78 is 0. The van der Waals surface area contributed by atoms with E-state index in [1.54, 1.807) is 0 Å².